The lowest BCUT2D eigenvalue weighted by Gasteiger charge is -2.32. The zero-order chi connectivity index (χ0) is 19.1. The molecule has 3 heterocycles. The Morgan fingerprint density at radius 3 is 2.79 bits per heavy atom. The van der Waals surface area contributed by atoms with E-state index < -0.39 is 0 Å². The van der Waals surface area contributed by atoms with Crippen LogP contribution in [0, 0.1) is 6.92 Å². The van der Waals surface area contributed by atoms with Gasteiger partial charge in [-0.2, -0.15) is 0 Å². The minimum Gasteiger partial charge on any atom is -0.493 e. The number of aryl methyl sites for hydroxylation is 1. The maximum atomic E-state index is 13.0. The van der Waals surface area contributed by atoms with Crippen molar-refractivity contribution in [3.63, 3.8) is 0 Å². The van der Waals surface area contributed by atoms with Crippen molar-refractivity contribution in [3.8, 4) is 5.75 Å². The Hall–Kier alpha value is -2.79. The molecule has 2 aliphatic rings. The number of fused-ring (bicyclic) bond motifs is 2. The summed E-state index contributed by atoms with van der Waals surface area (Å²) in [5.74, 6) is 1.54. The monoisotopic (exact) mass is 377 g/mol. The highest BCUT2D eigenvalue weighted by Crippen LogP contribution is 2.27. The number of hydrogen-bond donors (Lipinski definition) is 1. The molecule has 28 heavy (non-hydrogen) atoms. The quantitative estimate of drug-likeness (QED) is 0.761. The predicted octanol–water partition coefficient (Wildman–Crippen LogP) is 2.22. The van der Waals surface area contributed by atoms with Crippen LogP contribution in [-0.4, -0.2) is 43.6 Å². The summed E-state index contributed by atoms with van der Waals surface area (Å²) >= 11 is 0. The molecule has 0 aliphatic carbocycles. The van der Waals surface area contributed by atoms with Gasteiger partial charge >= 0.3 is 0 Å². The van der Waals surface area contributed by atoms with Crippen LogP contribution in [0.2, 0.25) is 0 Å². The van der Waals surface area contributed by atoms with Crippen molar-refractivity contribution in [3.05, 3.63) is 64.9 Å². The summed E-state index contributed by atoms with van der Waals surface area (Å²) in [5, 5.41) is 1.02. The van der Waals surface area contributed by atoms with Crippen molar-refractivity contribution in [2.24, 2.45) is 0 Å². The van der Waals surface area contributed by atoms with E-state index in [4.69, 9.17) is 9.15 Å². The van der Waals surface area contributed by atoms with E-state index in [1.807, 2.05) is 36.1 Å². The van der Waals surface area contributed by atoms with Gasteiger partial charge in [0.2, 0.25) is 0 Å². The molecule has 1 saturated heterocycles. The highest BCUT2D eigenvalue weighted by atomic mass is 16.5. The number of para-hydroxylation sites is 1. The van der Waals surface area contributed by atoms with Gasteiger partial charge in [-0.3, -0.25) is 4.79 Å². The molecule has 5 rings (SSSR count). The molecular formula is C23H25N2O3+. The summed E-state index contributed by atoms with van der Waals surface area (Å²) in [6, 6.07) is 14.4. The van der Waals surface area contributed by atoms with Gasteiger partial charge in [-0.05, 0) is 36.8 Å². The van der Waals surface area contributed by atoms with Gasteiger partial charge in [-0.1, -0.05) is 18.2 Å². The number of quaternary nitrogens is 1. The molecule has 1 fully saturated rings. The van der Waals surface area contributed by atoms with Gasteiger partial charge in [0.15, 0.2) is 5.76 Å². The van der Waals surface area contributed by atoms with E-state index in [0.717, 1.165) is 68.0 Å². The molecule has 1 aromatic heterocycles. The molecule has 0 unspecified atom stereocenters. The van der Waals surface area contributed by atoms with E-state index in [1.165, 1.54) is 16.0 Å². The third-order valence-electron chi connectivity index (χ3n) is 6.00. The summed E-state index contributed by atoms with van der Waals surface area (Å²) in [4.78, 5) is 16.4. The van der Waals surface area contributed by atoms with Gasteiger partial charge in [0, 0.05) is 22.9 Å². The highest BCUT2D eigenvalue weighted by Gasteiger charge is 2.28. The first-order chi connectivity index (χ1) is 13.7. The first kappa shape index (κ1) is 17.3. The second-order valence-electron chi connectivity index (χ2n) is 7.81. The Kier molecular flexibility index (Phi) is 4.32. The summed E-state index contributed by atoms with van der Waals surface area (Å²) in [7, 11) is 0. The van der Waals surface area contributed by atoms with E-state index >= 15 is 0 Å². The third-order valence-corrected chi connectivity index (χ3v) is 6.00. The minimum atomic E-state index is 0.0161. The number of benzene rings is 2. The fraction of sp³-hybridized carbons (Fsp3) is 0.348. The third kappa shape index (κ3) is 3.06. The molecule has 144 valence electrons. The van der Waals surface area contributed by atoms with Crippen LogP contribution in [0.1, 0.15) is 27.2 Å². The molecule has 3 aromatic rings. The zero-order valence-electron chi connectivity index (χ0n) is 16.2. The SMILES string of the molecule is Cc1c(C(=O)N2CC[NH+](Cc3ccc4c(c3)CCO4)CC2)oc2ccccc12. The molecule has 1 N–H and O–H groups in total. The summed E-state index contributed by atoms with van der Waals surface area (Å²) < 4.78 is 11.5. The average molecular weight is 377 g/mol. The number of piperazine rings is 1. The lowest BCUT2D eigenvalue weighted by atomic mass is 10.1. The maximum Gasteiger partial charge on any atom is 0.290 e. The Bertz CT molecular complexity index is 1030. The minimum absolute atomic E-state index is 0.0161. The summed E-state index contributed by atoms with van der Waals surface area (Å²) in [6.07, 6.45) is 1.01. The van der Waals surface area contributed by atoms with E-state index in [2.05, 4.69) is 18.2 Å². The number of hydrogen-bond acceptors (Lipinski definition) is 3. The fourth-order valence-electron chi connectivity index (χ4n) is 4.36. The first-order valence-electron chi connectivity index (χ1n) is 10.0. The van der Waals surface area contributed by atoms with Crippen molar-refractivity contribution < 1.29 is 18.8 Å². The number of rotatable bonds is 3. The van der Waals surface area contributed by atoms with Crippen molar-refractivity contribution in [2.45, 2.75) is 19.9 Å². The molecule has 0 spiro atoms. The largest absolute Gasteiger partial charge is 0.493 e. The Balaban J connectivity index is 1.24. The summed E-state index contributed by atoms with van der Waals surface area (Å²) in [6.45, 7) is 7.21. The van der Waals surface area contributed by atoms with Gasteiger partial charge in [-0.25, -0.2) is 0 Å². The average Bonchev–Trinajstić information content (AvgIpc) is 3.32. The molecule has 2 aliphatic heterocycles. The smallest absolute Gasteiger partial charge is 0.290 e. The zero-order valence-corrected chi connectivity index (χ0v) is 16.2. The second-order valence-corrected chi connectivity index (χ2v) is 7.81. The first-order valence-corrected chi connectivity index (χ1v) is 10.0. The number of nitrogens with zero attached hydrogens (tertiary/aromatic N) is 1. The Morgan fingerprint density at radius 1 is 1.14 bits per heavy atom. The fourth-order valence-corrected chi connectivity index (χ4v) is 4.36. The number of amides is 1. The molecule has 2 aromatic carbocycles. The molecular weight excluding hydrogens is 352 g/mol. The van der Waals surface area contributed by atoms with Crippen molar-refractivity contribution in [1.82, 2.24) is 4.90 Å². The molecule has 1 amide bonds. The summed E-state index contributed by atoms with van der Waals surface area (Å²) in [5.41, 5.74) is 4.40. The molecule has 5 nitrogen and oxygen atoms in total. The molecule has 0 atom stereocenters. The van der Waals surface area contributed by atoms with Crippen LogP contribution in [0.25, 0.3) is 11.0 Å². The van der Waals surface area contributed by atoms with Gasteiger partial charge in [-0.15, -0.1) is 0 Å². The van der Waals surface area contributed by atoms with Crippen molar-refractivity contribution in [1.29, 1.82) is 0 Å². The van der Waals surface area contributed by atoms with E-state index in [-0.39, 0.29) is 5.91 Å². The molecule has 0 saturated carbocycles. The number of carbonyl (C=O) groups excluding carboxylic acids is 1. The topological polar surface area (TPSA) is 47.1 Å². The van der Waals surface area contributed by atoms with E-state index in [1.54, 1.807) is 0 Å². The predicted molar refractivity (Wildman–Crippen MR) is 107 cm³/mol. The van der Waals surface area contributed by atoms with Gasteiger partial charge in [0.05, 0.1) is 32.8 Å². The van der Waals surface area contributed by atoms with Crippen LogP contribution in [-0.2, 0) is 13.0 Å². The number of carbonyl (C=O) groups is 1. The van der Waals surface area contributed by atoms with Crippen LogP contribution in [0.15, 0.2) is 46.9 Å². The normalized spacial score (nSPS) is 17.0. The van der Waals surface area contributed by atoms with E-state index in [9.17, 15) is 4.79 Å². The number of nitrogens with one attached hydrogen (secondary N) is 1. The van der Waals surface area contributed by atoms with Crippen LogP contribution >= 0.6 is 0 Å². The standard InChI is InChI=1S/C23H24N2O3/c1-16-19-4-2-3-5-21(19)28-22(16)23(26)25-11-9-24(10-12-25)15-17-6-7-20-18(14-17)8-13-27-20/h2-7,14H,8-13,15H2,1H3/p+1. The lowest BCUT2D eigenvalue weighted by molar-refractivity contribution is -0.917. The number of furan rings is 1. The number of ether oxygens (including phenoxy) is 1. The lowest BCUT2D eigenvalue weighted by Crippen LogP contribution is -3.13. The van der Waals surface area contributed by atoms with Crippen molar-refractivity contribution in [2.75, 3.05) is 32.8 Å². The van der Waals surface area contributed by atoms with Crippen LogP contribution in [0.3, 0.4) is 0 Å². The Labute approximate surface area is 164 Å². The Morgan fingerprint density at radius 2 is 1.96 bits per heavy atom. The highest BCUT2D eigenvalue weighted by molar-refractivity contribution is 5.98. The molecule has 5 heteroatoms. The van der Waals surface area contributed by atoms with Gasteiger partial charge in [0.1, 0.15) is 17.9 Å². The van der Waals surface area contributed by atoms with Crippen LogP contribution in [0.4, 0.5) is 0 Å². The van der Waals surface area contributed by atoms with Crippen molar-refractivity contribution >= 4 is 16.9 Å². The van der Waals surface area contributed by atoms with Gasteiger partial charge < -0.3 is 19.0 Å². The van der Waals surface area contributed by atoms with Crippen LogP contribution < -0.4 is 9.64 Å². The second kappa shape index (κ2) is 6.99. The maximum absolute atomic E-state index is 13.0. The molecule has 0 bridgehead atoms. The van der Waals surface area contributed by atoms with Crippen LogP contribution in [0.5, 0.6) is 5.75 Å². The van der Waals surface area contributed by atoms with Gasteiger partial charge in [0.25, 0.3) is 5.91 Å². The van der Waals surface area contributed by atoms with E-state index in [0.29, 0.717) is 5.76 Å². The molecule has 0 radical (unpaired) electrons.